The van der Waals surface area contributed by atoms with Gasteiger partial charge in [0.25, 0.3) is 5.91 Å². The predicted molar refractivity (Wildman–Crippen MR) is 108 cm³/mol. The van der Waals surface area contributed by atoms with Crippen LogP contribution in [-0.2, 0) is 0 Å². The number of nitrogens with one attached hydrogen (secondary N) is 1. The number of benzene rings is 2. The Morgan fingerprint density at radius 3 is 2.79 bits per heavy atom. The van der Waals surface area contributed by atoms with Crippen LogP contribution in [0.5, 0.6) is 11.5 Å². The topological polar surface area (TPSA) is 91.2 Å². The van der Waals surface area contributed by atoms with Crippen LogP contribution in [0.25, 0.3) is 5.69 Å². The highest BCUT2D eigenvalue weighted by atomic mass is 79.9. The quantitative estimate of drug-likeness (QED) is 0.594. The molecular formula is C19H20BrN5O3. The van der Waals surface area contributed by atoms with E-state index >= 15 is 0 Å². The van der Waals surface area contributed by atoms with E-state index in [2.05, 4.69) is 36.8 Å². The summed E-state index contributed by atoms with van der Waals surface area (Å²) in [5.41, 5.74) is 2.83. The Bertz CT molecular complexity index is 976. The zero-order valence-corrected chi connectivity index (χ0v) is 17.4. The number of hydrogen-bond acceptors (Lipinski definition) is 6. The maximum Gasteiger partial charge on any atom is 0.255 e. The second-order valence-corrected chi connectivity index (χ2v) is 6.90. The van der Waals surface area contributed by atoms with Crippen LogP contribution in [0, 0.1) is 6.92 Å². The highest BCUT2D eigenvalue weighted by Crippen LogP contribution is 2.37. The minimum atomic E-state index is -0.271. The van der Waals surface area contributed by atoms with Gasteiger partial charge in [0, 0.05) is 11.3 Å². The molecule has 0 saturated carbocycles. The second kappa shape index (κ2) is 8.83. The summed E-state index contributed by atoms with van der Waals surface area (Å²) in [7, 11) is 1.54. The van der Waals surface area contributed by atoms with E-state index in [1.807, 2.05) is 32.0 Å². The van der Waals surface area contributed by atoms with Gasteiger partial charge in [-0.1, -0.05) is 13.0 Å². The number of halogens is 1. The number of aryl methyl sites for hydroxylation is 1. The van der Waals surface area contributed by atoms with E-state index in [9.17, 15) is 4.79 Å². The second-order valence-electron chi connectivity index (χ2n) is 6.05. The number of rotatable bonds is 7. The minimum Gasteiger partial charge on any atom is -0.493 e. The van der Waals surface area contributed by atoms with Gasteiger partial charge in [0.2, 0.25) is 0 Å². The number of aromatic nitrogens is 4. The van der Waals surface area contributed by atoms with Gasteiger partial charge in [0.15, 0.2) is 11.5 Å². The number of methoxy groups -OCH3 is 1. The van der Waals surface area contributed by atoms with Crippen molar-refractivity contribution >= 4 is 27.5 Å². The molecule has 0 radical (unpaired) electrons. The molecule has 9 heteroatoms. The van der Waals surface area contributed by atoms with Crippen molar-refractivity contribution in [1.29, 1.82) is 0 Å². The molecule has 3 rings (SSSR count). The number of ether oxygens (including phenoxy) is 2. The zero-order chi connectivity index (χ0) is 20.1. The third kappa shape index (κ3) is 4.30. The van der Waals surface area contributed by atoms with Crippen molar-refractivity contribution < 1.29 is 14.3 Å². The molecule has 1 amide bonds. The summed E-state index contributed by atoms with van der Waals surface area (Å²) in [6.45, 7) is 4.52. The molecule has 3 aromatic rings. The maximum absolute atomic E-state index is 12.8. The van der Waals surface area contributed by atoms with Gasteiger partial charge in [0.1, 0.15) is 6.33 Å². The van der Waals surface area contributed by atoms with Crippen molar-refractivity contribution in [2.24, 2.45) is 0 Å². The highest BCUT2D eigenvalue weighted by molar-refractivity contribution is 9.10. The number of hydrogen-bond donors (Lipinski definition) is 1. The monoisotopic (exact) mass is 445 g/mol. The van der Waals surface area contributed by atoms with Gasteiger partial charge in [-0.15, -0.1) is 5.10 Å². The molecule has 0 saturated heterocycles. The van der Waals surface area contributed by atoms with Crippen molar-refractivity contribution in [3.8, 4) is 17.2 Å². The van der Waals surface area contributed by atoms with Crippen molar-refractivity contribution in [2.75, 3.05) is 19.0 Å². The Morgan fingerprint density at radius 1 is 1.29 bits per heavy atom. The molecule has 1 N–H and O–H groups in total. The molecule has 0 aliphatic carbocycles. The van der Waals surface area contributed by atoms with Gasteiger partial charge in [-0.05, 0) is 69.5 Å². The minimum absolute atomic E-state index is 0.271. The summed E-state index contributed by atoms with van der Waals surface area (Å²) >= 11 is 3.46. The average Bonchev–Trinajstić information content (AvgIpc) is 3.22. The number of carbonyl (C=O) groups excluding carboxylic acids is 1. The molecule has 0 unspecified atom stereocenters. The van der Waals surface area contributed by atoms with Crippen molar-refractivity contribution in [2.45, 2.75) is 20.3 Å². The van der Waals surface area contributed by atoms with Crippen LogP contribution in [-0.4, -0.2) is 39.8 Å². The SMILES string of the molecule is CCCOc1c(Br)cc(C(=O)Nc2ccc(C)c(-n3cnnn3)c2)cc1OC. The number of tetrazole rings is 1. The molecular weight excluding hydrogens is 426 g/mol. The third-order valence-corrected chi connectivity index (χ3v) is 4.59. The first kappa shape index (κ1) is 19.8. The Morgan fingerprint density at radius 2 is 2.11 bits per heavy atom. The van der Waals surface area contributed by atoms with Crippen LogP contribution in [0.1, 0.15) is 29.3 Å². The fraction of sp³-hybridized carbons (Fsp3) is 0.263. The van der Waals surface area contributed by atoms with E-state index in [1.165, 1.54) is 6.33 Å². The summed E-state index contributed by atoms with van der Waals surface area (Å²) in [5, 5.41) is 14.1. The van der Waals surface area contributed by atoms with Crippen LogP contribution in [0.15, 0.2) is 41.1 Å². The lowest BCUT2D eigenvalue weighted by molar-refractivity contribution is 0.102. The van der Waals surface area contributed by atoms with E-state index in [1.54, 1.807) is 23.9 Å². The van der Waals surface area contributed by atoms with Crippen LogP contribution < -0.4 is 14.8 Å². The Hall–Kier alpha value is -2.94. The summed E-state index contributed by atoms with van der Waals surface area (Å²) in [6.07, 6.45) is 2.37. The van der Waals surface area contributed by atoms with E-state index in [0.717, 1.165) is 17.7 Å². The molecule has 28 heavy (non-hydrogen) atoms. The number of amides is 1. The largest absolute Gasteiger partial charge is 0.493 e. The lowest BCUT2D eigenvalue weighted by Crippen LogP contribution is -2.13. The molecule has 0 aliphatic rings. The predicted octanol–water partition coefficient (Wildman–Crippen LogP) is 3.78. The van der Waals surface area contributed by atoms with Gasteiger partial charge < -0.3 is 14.8 Å². The van der Waals surface area contributed by atoms with E-state index in [4.69, 9.17) is 9.47 Å². The normalized spacial score (nSPS) is 10.6. The number of nitrogens with zero attached hydrogens (tertiary/aromatic N) is 4. The van der Waals surface area contributed by atoms with Gasteiger partial charge >= 0.3 is 0 Å². The molecule has 0 fully saturated rings. The third-order valence-electron chi connectivity index (χ3n) is 4.00. The molecule has 0 bridgehead atoms. The van der Waals surface area contributed by atoms with E-state index < -0.39 is 0 Å². The van der Waals surface area contributed by atoms with Crippen LogP contribution in [0.2, 0.25) is 0 Å². The van der Waals surface area contributed by atoms with Gasteiger partial charge in [-0.2, -0.15) is 0 Å². The Kier molecular flexibility index (Phi) is 6.25. The van der Waals surface area contributed by atoms with Crippen molar-refractivity contribution in [1.82, 2.24) is 20.2 Å². The first-order chi connectivity index (χ1) is 13.5. The zero-order valence-electron chi connectivity index (χ0n) is 15.8. The molecule has 8 nitrogen and oxygen atoms in total. The number of anilines is 1. The Labute approximate surface area is 171 Å². The van der Waals surface area contributed by atoms with Crippen molar-refractivity contribution in [3.63, 3.8) is 0 Å². The highest BCUT2D eigenvalue weighted by Gasteiger charge is 2.16. The first-order valence-electron chi connectivity index (χ1n) is 8.69. The molecule has 1 heterocycles. The van der Waals surface area contributed by atoms with Crippen LogP contribution >= 0.6 is 15.9 Å². The average molecular weight is 446 g/mol. The fourth-order valence-corrected chi connectivity index (χ4v) is 3.16. The molecule has 1 aromatic heterocycles. The van der Waals surface area contributed by atoms with E-state index in [-0.39, 0.29) is 5.91 Å². The standard InChI is InChI=1S/C19H20BrN5O3/c1-4-7-28-18-15(20)8-13(9-17(18)27-3)19(26)22-14-6-5-12(2)16(10-14)25-11-21-23-24-25/h5-6,8-11H,4,7H2,1-3H3,(H,22,26). The summed E-state index contributed by atoms with van der Waals surface area (Å²) in [5.74, 6) is 0.802. The number of carbonyl (C=O) groups is 1. The Balaban J connectivity index is 1.85. The van der Waals surface area contributed by atoms with Gasteiger partial charge in [0.05, 0.1) is 23.9 Å². The van der Waals surface area contributed by atoms with E-state index in [0.29, 0.717) is 33.8 Å². The summed E-state index contributed by atoms with van der Waals surface area (Å²) in [4.78, 5) is 12.8. The molecule has 0 atom stereocenters. The molecule has 0 spiro atoms. The fourth-order valence-electron chi connectivity index (χ4n) is 2.60. The first-order valence-corrected chi connectivity index (χ1v) is 9.48. The summed E-state index contributed by atoms with van der Waals surface area (Å²) in [6, 6.07) is 8.90. The van der Waals surface area contributed by atoms with Gasteiger partial charge in [-0.3, -0.25) is 4.79 Å². The maximum atomic E-state index is 12.8. The smallest absolute Gasteiger partial charge is 0.255 e. The lowest BCUT2D eigenvalue weighted by atomic mass is 10.1. The molecule has 0 aliphatic heterocycles. The summed E-state index contributed by atoms with van der Waals surface area (Å²) < 4.78 is 13.3. The molecule has 146 valence electrons. The molecule has 2 aromatic carbocycles. The van der Waals surface area contributed by atoms with Crippen LogP contribution in [0.4, 0.5) is 5.69 Å². The lowest BCUT2D eigenvalue weighted by Gasteiger charge is -2.14. The van der Waals surface area contributed by atoms with Gasteiger partial charge in [-0.25, -0.2) is 4.68 Å². The van der Waals surface area contributed by atoms with Crippen LogP contribution in [0.3, 0.4) is 0 Å². The van der Waals surface area contributed by atoms with Crippen molar-refractivity contribution in [3.05, 3.63) is 52.3 Å².